The van der Waals surface area contributed by atoms with Crippen LogP contribution in [0.3, 0.4) is 0 Å². The van der Waals surface area contributed by atoms with E-state index in [1.807, 2.05) is 37.3 Å². The molecule has 1 aliphatic heterocycles. The topological polar surface area (TPSA) is 46.2 Å². The maximum atomic E-state index is 12.9. The van der Waals surface area contributed by atoms with Gasteiger partial charge in [-0.05, 0) is 30.5 Å². The Balaban J connectivity index is 2.20. The third kappa shape index (κ3) is 3.19. The highest BCUT2D eigenvalue weighted by Crippen LogP contribution is 2.36. The molecule has 1 heterocycles. The van der Waals surface area contributed by atoms with Gasteiger partial charge in [0.15, 0.2) is 9.84 Å². The van der Waals surface area contributed by atoms with Crippen LogP contribution in [0.1, 0.15) is 43.9 Å². The molecule has 3 nitrogen and oxygen atoms in total. The summed E-state index contributed by atoms with van der Waals surface area (Å²) >= 11 is 0. The molecule has 2 atom stereocenters. The van der Waals surface area contributed by atoms with Crippen LogP contribution in [0.2, 0.25) is 0 Å². The van der Waals surface area contributed by atoms with Gasteiger partial charge in [-0.3, -0.25) is 5.32 Å². The van der Waals surface area contributed by atoms with Crippen molar-refractivity contribution in [2.45, 2.75) is 43.2 Å². The molecule has 1 N–H and O–H groups in total. The summed E-state index contributed by atoms with van der Waals surface area (Å²) in [5.41, 5.74) is 1.51. The fourth-order valence-electron chi connectivity index (χ4n) is 3.57. The van der Waals surface area contributed by atoms with Crippen molar-refractivity contribution in [3.63, 3.8) is 0 Å². The molecule has 0 bridgehead atoms. The Hall–Kier alpha value is -1.65. The van der Waals surface area contributed by atoms with Crippen LogP contribution in [0.25, 0.3) is 0 Å². The van der Waals surface area contributed by atoms with Gasteiger partial charge >= 0.3 is 0 Å². The van der Waals surface area contributed by atoms with Gasteiger partial charge < -0.3 is 0 Å². The van der Waals surface area contributed by atoms with E-state index in [0.29, 0.717) is 4.90 Å². The smallest absolute Gasteiger partial charge is 0.180 e. The fraction of sp³-hybridized carbons (Fsp3) is 0.368. The lowest BCUT2D eigenvalue weighted by Crippen LogP contribution is -2.47. The maximum absolute atomic E-state index is 12.9. The first-order chi connectivity index (χ1) is 11.0. The zero-order chi connectivity index (χ0) is 16.5. The van der Waals surface area contributed by atoms with Gasteiger partial charge in [0.2, 0.25) is 0 Å². The number of rotatable bonds is 3. The first-order valence-corrected chi connectivity index (χ1v) is 9.75. The lowest BCUT2D eigenvalue weighted by Gasteiger charge is -2.32. The zero-order valence-corrected chi connectivity index (χ0v) is 14.4. The highest BCUT2D eigenvalue weighted by atomic mass is 32.2. The van der Waals surface area contributed by atoms with Crippen molar-refractivity contribution in [1.82, 2.24) is 5.32 Å². The Morgan fingerprint density at radius 1 is 1.09 bits per heavy atom. The van der Waals surface area contributed by atoms with E-state index in [1.54, 1.807) is 12.1 Å². The summed E-state index contributed by atoms with van der Waals surface area (Å²) in [5, 5.41) is 3.64. The molecule has 3 rings (SSSR count). The minimum absolute atomic E-state index is 0.110. The van der Waals surface area contributed by atoms with E-state index in [4.69, 9.17) is 0 Å². The highest BCUT2D eigenvalue weighted by molar-refractivity contribution is 7.91. The van der Waals surface area contributed by atoms with E-state index < -0.39 is 15.4 Å². The van der Waals surface area contributed by atoms with Crippen LogP contribution in [0.5, 0.6) is 0 Å². The number of benzene rings is 2. The molecule has 1 aliphatic rings. The molecule has 0 fully saturated rings. The van der Waals surface area contributed by atoms with E-state index in [0.717, 1.165) is 24.0 Å². The molecule has 0 amide bonds. The van der Waals surface area contributed by atoms with Crippen molar-refractivity contribution in [2.24, 2.45) is 0 Å². The van der Waals surface area contributed by atoms with Gasteiger partial charge in [0, 0.05) is 5.54 Å². The van der Waals surface area contributed by atoms with Crippen LogP contribution in [0.15, 0.2) is 59.5 Å². The Labute approximate surface area is 138 Å². The van der Waals surface area contributed by atoms with Gasteiger partial charge in [0.05, 0.1) is 16.7 Å². The van der Waals surface area contributed by atoms with Crippen molar-refractivity contribution >= 4 is 9.84 Å². The summed E-state index contributed by atoms with van der Waals surface area (Å²) in [4.78, 5) is 0.459. The summed E-state index contributed by atoms with van der Waals surface area (Å²) in [7, 11) is -3.31. The minimum atomic E-state index is -3.31. The van der Waals surface area contributed by atoms with Crippen molar-refractivity contribution in [3.05, 3.63) is 65.7 Å². The van der Waals surface area contributed by atoms with Crippen LogP contribution in [0.4, 0.5) is 0 Å². The lowest BCUT2D eigenvalue weighted by molar-refractivity contribution is 0.338. The van der Waals surface area contributed by atoms with Crippen molar-refractivity contribution in [1.29, 1.82) is 0 Å². The second-order valence-corrected chi connectivity index (χ2v) is 8.55. The Kier molecular flexibility index (Phi) is 4.30. The molecule has 2 aromatic carbocycles. The van der Waals surface area contributed by atoms with Gasteiger partial charge in [0.25, 0.3) is 0 Å². The minimum Gasteiger partial charge on any atom is -0.300 e. The Morgan fingerprint density at radius 2 is 1.74 bits per heavy atom. The molecule has 0 saturated heterocycles. The first-order valence-electron chi connectivity index (χ1n) is 8.09. The van der Waals surface area contributed by atoms with Crippen LogP contribution in [-0.4, -0.2) is 19.7 Å². The summed E-state index contributed by atoms with van der Waals surface area (Å²) in [6.45, 7) is 4.12. The molecule has 0 saturated carbocycles. The van der Waals surface area contributed by atoms with E-state index in [-0.39, 0.29) is 11.8 Å². The number of sulfone groups is 1. The van der Waals surface area contributed by atoms with E-state index in [1.165, 1.54) is 0 Å². The van der Waals surface area contributed by atoms with E-state index in [2.05, 4.69) is 24.4 Å². The largest absolute Gasteiger partial charge is 0.300 e. The zero-order valence-electron chi connectivity index (χ0n) is 13.6. The third-order valence-electron chi connectivity index (χ3n) is 4.50. The van der Waals surface area contributed by atoms with Crippen LogP contribution in [0, 0.1) is 0 Å². The second-order valence-electron chi connectivity index (χ2n) is 6.60. The average molecular weight is 329 g/mol. The number of fused-ring (bicyclic) bond motifs is 1. The van der Waals surface area contributed by atoms with Crippen molar-refractivity contribution in [2.75, 3.05) is 5.75 Å². The molecule has 0 unspecified atom stereocenters. The average Bonchev–Trinajstić information content (AvgIpc) is 2.61. The number of hydrogen-bond acceptors (Lipinski definition) is 3. The molecular weight excluding hydrogens is 306 g/mol. The van der Waals surface area contributed by atoms with Gasteiger partial charge in [-0.15, -0.1) is 0 Å². The summed E-state index contributed by atoms with van der Waals surface area (Å²) < 4.78 is 25.8. The van der Waals surface area contributed by atoms with Gasteiger partial charge in [-0.25, -0.2) is 8.42 Å². The summed E-state index contributed by atoms with van der Waals surface area (Å²) in [5.74, 6) is 0.133. The SMILES string of the molecule is CCC[C@@]1(C)CS(=O)(=O)c2ccccc2[C@H](c2ccccc2)N1. The lowest BCUT2D eigenvalue weighted by atomic mass is 9.92. The highest BCUT2D eigenvalue weighted by Gasteiger charge is 2.39. The molecule has 122 valence electrons. The van der Waals surface area contributed by atoms with Gasteiger partial charge in [-0.2, -0.15) is 0 Å². The van der Waals surface area contributed by atoms with Gasteiger partial charge in [0.1, 0.15) is 0 Å². The molecule has 0 radical (unpaired) electrons. The standard InChI is InChI=1S/C19H23NO2S/c1-3-13-19(2)14-23(21,22)17-12-8-7-11-16(17)18(20-19)15-9-5-4-6-10-15/h4-12,18,20H,3,13-14H2,1-2H3/t18-,19-/m0/s1. The number of nitrogens with one attached hydrogen (secondary N) is 1. The second kappa shape index (κ2) is 6.10. The Bertz CT molecular complexity index is 786. The third-order valence-corrected chi connectivity index (χ3v) is 6.56. The predicted molar refractivity (Wildman–Crippen MR) is 93.2 cm³/mol. The summed E-state index contributed by atoms with van der Waals surface area (Å²) in [6, 6.07) is 17.4. The normalized spacial score (nSPS) is 26.3. The Morgan fingerprint density at radius 3 is 2.43 bits per heavy atom. The van der Waals surface area contributed by atoms with Crippen LogP contribution < -0.4 is 5.32 Å². The van der Waals surface area contributed by atoms with Crippen LogP contribution >= 0.6 is 0 Å². The van der Waals surface area contributed by atoms with E-state index >= 15 is 0 Å². The monoisotopic (exact) mass is 329 g/mol. The van der Waals surface area contributed by atoms with Crippen molar-refractivity contribution in [3.8, 4) is 0 Å². The molecule has 0 spiro atoms. The molecule has 23 heavy (non-hydrogen) atoms. The van der Waals surface area contributed by atoms with Crippen LogP contribution in [-0.2, 0) is 9.84 Å². The quantitative estimate of drug-likeness (QED) is 0.934. The van der Waals surface area contributed by atoms with Crippen molar-refractivity contribution < 1.29 is 8.42 Å². The molecule has 0 aliphatic carbocycles. The molecular formula is C19H23NO2S. The summed E-state index contributed by atoms with van der Waals surface area (Å²) in [6.07, 6.45) is 1.76. The molecule has 2 aromatic rings. The van der Waals surface area contributed by atoms with Gasteiger partial charge in [-0.1, -0.05) is 61.9 Å². The van der Waals surface area contributed by atoms with E-state index in [9.17, 15) is 8.42 Å². The molecule has 0 aromatic heterocycles. The fourth-order valence-corrected chi connectivity index (χ4v) is 5.62. The first kappa shape index (κ1) is 16.2. The molecule has 4 heteroatoms. The predicted octanol–water partition coefficient (Wildman–Crippen LogP) is 3.71. The number of hydrogen-bond donors (Lipinski definition) is 1. The maximum Gasteiger partial charge on any atom is 0.180 e.